The second-order valence-electron chi connectivity index (χ2n) is 7.08. The number of methoxy groups -OCH3 is 1. The minimum absolute atomic E-state index is 0.131. The third-order valence-electron chi connectivity index (χ3n) is 4.96. The molecule has 1 heterocycles. The normalized spacial score (nSPS) is 12.4. The van der Waals surface area contributed by atoms with E-state index < -0.39 is 0 Å². The lowest BCUT2D eigenvalue weighted by molar-refractivity contribution is -0.120. The number of carbonyl (C=O) groups excluding carboxylic acids is 1. The Morgan fingerprint density at radius 1 is 0.938 bits per heavy atom. The van der Waals surface area contributed by atoms with Gasteiger partial charge >= 0.3 is 0 Å². The summed E-state index contributed by atoms with van der Waals surface area (Å²) in [5.41, 5.74) is 1.77. The smallest absolute Gasteiger partial charge is 0.265 e. The highest BCUT2D eigenvalue weighted by Gasteiger charge is 2.20. The van der Waals surface area contributed by atoms with Crippen LogP contribution in [0.1, 0.15) is 5.56 Å². The molecule has 32 heavy (non-hydrogen) atoms. The molecule has 3 aromatic carbocycles. The second-order valence-corrected chi connectivity index (χ2v) is 7.08. The number of hydrogen-bond donors (Lipinski definition) is 0. The molecular weight excluding hydrogens is 406 g/mol. The zero-order chi connectivity index (χ0) is 22.2. The second kappa shape index (κ2) is 10.4. The van der Waals surface area contributed by atoms with Crippen LogP contribution in [0.2, 0.25) is 0 Å². The Bertz CT molecular complexity index is 1080. The highest BCUT2D eigenvalue weighted by atomic mass is 16.6. The van der Waals surface area contributed by atoms with Crippen LogP contribution in [-0.2, 0) is 4.79 Å². The predicted molar refractivity (Wildman–Crippen MR) is 124 cm³/mol. The summed E-state index contributed by atoms with van der Waals surface area (Å²) in [6, 6.07) is 22.7. The molecule has 0 radical (unpaired) electrons. The zero-order valence-electron chi connectivity index (χ0n) is 17.9. The molecule has 0 bridgehead atoms. The monoisotopic (exact) mass is 431 g/mol. The number of ether oxygens (including phenoxy) is 4. The van der Waals surface area contributed by atoms with Crippen molar-refractivity contribution in [1.82, 2.24) is 0 Å². The van der Waals surface area contributed by atoms with Gasteiger partial charge in [0.05, 0.1) is 7.11 Å². The molecule has 4 rings (SSSR count). The molecule has 0 atom stereocenters. The molecular formula is C26H25NO5. The van der Waals surface area contributed by atoms with E-state index in [1.54, 1.807) is 24.1 Å². The van der Waals surface area contributed by atoms with E-state index in [4.69, 9.17) is 18.9 Å². The van der Waals surface area contributed by atoms with Crippen molar-refractivity contribution in [3.63, 3.8) is 0 Å². The van der Waals surface area contributed by atoms with Crippen LogP contribution in [0.25, 0.3) is 6.08 Å². The molecule has 0 aliphatic carbocycles. The van der Waals surface area contributed by atoms with E-state index in [2.05, 4.69) is 0 Å². The fourth-order valence-corrected chi connectivity index (χ4v) is 3.36. The summed E-state index contributed by atoms with van der Waals surface area (Å²) < 4.78 is 22.4. The summed E-state index contributed by atoms with van der Waals surface area (Å²) in [6.45, 7) is 1.24. The van der Waals surface area contributed by atoms with Crippen LogP contribution in [0, 0.1) is 0 Å². The van der Waals surface area contributed by atoms with Gasteiger partial charge in [0.25, 0.3) is 5.91 Å². The molecule has 1 aliphatic rings. The van der Waals surface area contributed by atoms with Gasteiger partial charge in [0.2, 0.25) is 0 Å². The van der Waals surface area contributed by atoms with Crippen molar-refractivity contribution in [2.24, 2.45) is 0 Å². The highest BCUT2D eigenvalue weighted by molar-refractivity contribution is 5.95. The molecule has 164 valence electrons. The third-order valence-corrected chi connectivity index (χ3v) is 4.96. The van der Waals surface area contributed by atoms with Crippen molar-refractivity contribution in [1.29, 1.82) is 0 Å². The van der Waals surface area contributed by atoms with Gasteiger partial charge in [-0.1, -0.05) is 54.6 Å². The molecule has 0 aromatic heterocycles. The number of carbonyl (C=O) groups is 1. The Morgan fingerprint density at radius 3 is 2.44 bits per heavy atom. The van der Waals surface area contributed by atoms with Gasteiger partial charge in [-0.25, -0.2) is 0 Å². The number of anilines is 1. The van der Waals surface area contributed by atoms with Gasteiger partial charge in [-0.05, 0) is 29.8 Å². The predicted octanol–water partition coefficient (Wildman–Crippen LogP) is 4.59. The zero-order valence-corrected chi connectivity index (χ0v) is 17.9. The van der Waals surface area contributed by atoms with Crippen LogP contribution < -0.4 is 23.8 Å². The molecule has 6 heteroatoms. The lowest BCUT2D eigenvalue weighted by atomic mass is 10.2. The van der Waals surface area contributed by atoms with Crippen LogP contribution in [0.15, 0.2) is 78.9 Å². The van der Waals surface area contributed by atoms with Crippen LogP contribution in [0.3, 0.4) is 0 Å². The summed E-state index contributed by atoms with van der Waals surface area (Å²) in [7, 11) is 1.57. The molecule has 6 nitrogen and oxygen atoms in total. The average molecular weight is 431 g/mol. The first-order valence-corrected chi connectivity index (χ1v) is 10.4. The van der Waals surface area contributed by atoms with Crippen molar-refractivity contribution in [3.05, 3.63) is 84.4 Å². The van der Waals surface area contributed by atoms with Crippen molar-refractivity contribution in [2.75, 3.05) is 38.4 Å². The molecule has 0 fully saturated rings. The van der Waals surface area contributed by atoms with Gasteiger partial charge < -0.3 is 23.8 Å². The number of nitrogens with zero attached hydrogens (tertiary/aromatic N) is 1. The van der Waals surface area contributed by atoms with Gasteiger partial charge in [0, 0.05) is 18.3 Å². The fraction of sp³-hybridized carbons (Fsp3) is 0.192. The fourth-order valence-electron chi connectivity index (χ4n) is 3.36. The Hall–Kier alpha value is -3.93. The molecule has 3 aromatic rings. The van der Waals surface area contributed by atoms with Gasteiger partial charge in [-0.3, -0.25) is 4.79 Å². The van der Waals surface area contributed by atoms with Crippen LogP contribution >= 0.6 is 0 Å². The van der Waals surface area contributed by atoms with Gasteiger partial charge in [0.15, 0.2) is 29.6 Å². The first-order valence-electron chi connectivity index (χ1n) is 10.4. The van der Waals surface area contributed by atoms with Gasteiger partial charge in [-0.2, -0.15) is 0 Å². The maximum absolute atomic E-state index is 13.2. The number of para-hydroxylation sites is 2. The molecule has 0 unspecified atom stereocenters. The molecule has 0 spiro atoms. The Balaban J connectivity index is 1.53. The maximum atomic E-state index is 13.2. The minimum atomic E-state index is -0.190. The largest absolute Gasteiger partial charge is 0.493 e. The van der Waals surface area contributed by atoms with E-state index in [0.717, 1.165) is 5.56 Å². The van der Waals surface area contributed by atoms with E-state index in [1.807, 2.05) is 72.8 Å². The highest BCUT2D eigenvalue weighted by Crippen LogP contribution is 2.34. The number of rotatable bonds is 8. The first-order chi connectivity index (χ1) is 15.7. The van der Waals surface area contributed by atoms with Gasteiger partial charge in [-0.15, -0.1) is 0 Å². The lowest BCUT2D eigenvalue weighted by Crippen LogP contribution is -2.35. The van der Waals surface area contributed by atoms with Crippen molar-refractivity contribution in [3.8, 4) is 23.0 Å². The Labute approximate surface area is 187 Å². The van der Waals surface area contributed by atoms with Crippen molar-refractivity contribution in [2.45, 2.75) is 0 Å². The summed E-state index contributed by atoms with van der Waals surface area (Å²) in [6.07, 6.45) is 3.94. The topological polar surface area (TPSA) is 57.2 Å². The summed E-state index contributed by atoms with van der Waals surface area (Å²) in [5.74, 6) is 2.22. The van der Waals surface area contributed by atoms with Crippen molar-refractivity contribution >= 4 is 17.7 Å². The third kappa shape index (κ3) is 5.21. The average Bonchev–Trinajstić information content (AvgIpc) is 2.85. The number of hydrogen-bond acceptors (Lipinski definition) is 5. The number of benzene rings is 3. The summed E-state index contributed by atoms with van der Waals surface area (Å²) in [4.78, 5) is 14.8. The van der Waals surface area contributed by atoms with Crippen LogP contribution in [-0.4, -0.2) is 39.4 Å². The lowest BCUT2D eigenvalue weighted by Gasteiger charge is -2.24. The number of amides is 1. The molecule has 0 saturated carbocycles. The quantitative estimate of drug-likeness (QED) is 0.522. The standard InChI is InChI=1S/C26H25NO5/c1-29-22-11-5-6-12-23(22)32-19-26(28)27(15-7-10-20-8-3-2-4-9-20)21-13-14-24-25(18-21)31-17-16-30-24/h2-14,18H,15-17,19H2,1H3/b10-7+. The minimum Gasteiger partial charge on any atom is -0.493 e. The van der Waals surface area contributed by atoms with E-state index in [-0.39, 0.29) is 12.5 Å². The molecule has 1 amide bonds. The summed E-state index contributed by atoms with van der Waals surface area (Å²) >= 11 is 0. The number of fused-ring (bicyclic) bond motifs is 1. The SMILES string of the molecule is COc1ccccc1OCC(=O)N(C/C=C/c1ccccc1)c1ccc2c(c1)OCCO2. The maximum Gasteiger partial charge on any atom is 0.265 e. The molecule has 0 saturated heterocycles. The van der Waals surface area contributed by atoms with Crippen LogP contribution in [0.5, 0.6) is 23.0 Å². The van der Waals surface area contributed by atoms with Crippen molar-refractivity contribution < 1.29 is 23.7 Å². The molecule has 1 aliphatic heterocycles. The van der Waals surface area contributed by atoms with E-state index in [1.165, 1.54) is 0 Å². The summed E-state index contributed by atoms with van der Waals surface area (Å²) in [5, 5.41) is 0. The van der Waals surface area contributed by atoms with E-state index >= 15 is 0 Å². The van der Waals surface area contributed by atoms with E-state index in [9.17, 15) is 4.79 Å². The first kappa shape index (κ1) is 21.3. The Kier molecular flexibility index (Phi) is 6.92. The van der Waals surface area contributed by atoms with Gasteiger partial charge in [0.1, 0.15) is 13.2 Å². The Morgan fingerprint density at radius 2 is 1.66 bits per heavy atom. The molecule has 0 N–H and O–H groups in total. The van der Waals surface area contributed by atoms with E-state index in [0.29, 0.717) is 48.4 Å². The van der Waals surface area contributed by atoms with Crippen LogP contribution in [0.4, 0.5) is 5.69 Å².